The Morgan fingerprint density at radius 2 is 2.24 bits per heavy atom. The van der Waals surface area contributed by atoms with Crippen molar-refractivity contribution in [3.05, 3.63) is 89.8 Å². The van der Waals surface area contributed by atoms with Gasteiger partial charge in [-0.05, 0) is 17.5 Å². The average molecular weight is 350 g/mol. The van der Waals surface area contributed by atoms with Crippen LogP contribution in [0.4, 0.5) is 0 Å². The van der Waals surface area contributed by atoms with Gasteiger partial charge in [-0.3, -0.25) is 0 Å². The van der Waals surface area contributed by atoms with Crippen molar-refractivity contribution in [3.8, 4) is 10.4 Å². The Balaban J connectivity index is 2.09. The molecule has 0 bridgehead atoms. The van der Waals surface area contributed by atoms with Gasteiger partial charge in [-0.1, -0.05) is 49.1 Å². The van der Waals surface area contributed by atoms with Crippen molar-refractivity contribution in [3.63, 3.8) is 0 Å². The quantitative estimate of drug-likeness (QED) is 0.748. The highest BCUT2D eigenvalue weighted by molar-refractivity contribution is 7.13. The van der Waals surface area contributed by atoms with Crippen LogP contribution in [0.3, 0.4) is 0 Å². The lowest BCUT2D eigenvalue weighted by molar-refractivity contribution is 0.219. The molecule has 3 nitrogen and oxygen atoms in total. The Hall–Kier alpha value is -2.56. The van der Waals surface area contributed by atoms with Gasteiger partial charge in [0.15, 0.2) is 0 Å². The van der Waals surface area contributed by atoms with Crippen molar-refractivity contribution in [1.82, 2.24) is 9.88 Å². The highest BCUT2D eigenvalue weighted by Gasteiger charge is 2.23. The summed E-state index contributed by atoms with van der Waals surface area (Å²) >= 11 is 1.68. The molecule has 1 aliphatic rings. The number of hydrogen-bond acceptors (Lipinski definition) is 3. The molecule has 0 amide bonds. The smallest absolute Gasteiger partial charge is 0.108 e. The number of thiophene rings is 1. The fourth-order valence-electron chi connectivity index (χ4n) is 2.90. The number of nitrogens with one attached hydrogen (secondary N) is 1. The van der Waals surface area contributed by atoms with Gasteiger partial charge in [0, 0.05) is 53.3 Å². The number of aliphatic hydroxyl groups excluding tert-OH is 1. The Labute approximate surface area is 152 Å². The molecule has 0 saturated carbocycles. The molecular weight excluding hydrogens is 328 g/mol. The van der Waals surface area contributed by atoms with E-state index in [4.69, 9.17) is 0 Å². The third-order valence-electron chi connectivity index (χ3n) is 4.07. The number of rotatable bonds is 6. The monoisotopic (exact) mass is 350 g/mol. The van der Waals surface area contributed by atoms with Crippen molar-refractivity contribution in [2.45, 2.75) is 6.10 Å². The molecule has 1 unspecified atom stereocenters. The number of aromatic nitrogens is 1. The molecule has 128 valence electrons. The topological polar surface area (TPSA) is 37.2 Å². The van der Waals surface area contributed by atoms with Gasteiger partial charge in [0.05, 0.1) is 0 Å². The van der Waals surface area contributed by atoms with E-state index in [9.17, 15) is 5.11 Å². The van der Waals surface area contributed by atoms with Crippen molar-refractivity contribution < 1.29 is 5.11 Å². The van der Waals surface area contributed by atoms with E-state index in [1.54, 1.807) is 17.4 Å². The minimum Gasteiger partial charge on any atom is -0.387 e. The minimum atomic E-state index is -0.689. The largest absolute Gasteiger partial charge is 0.387 e. The summed E-state index contributed by atoms with van der Waals surface area (Å²) in [5, 5.41) is 16.3. The number of aryl methyl sites for hydroxylation is 1. The molecule has 0 radical (unpaired) electrons. The van der Waals surface area contributed by atoms with Crippen molar-refractivity contribution in [1.29, 1.82) is 0 Å². The van der Waals surface area contributed by atoms with Crippen LogP contribution in [0.1, 0.15) is 17.4 Å². The first-order valence-electron chi connectivity index (χ1n) is 8.19. The van der Waals surface area contributed by atoms with Crippen LogP contribution in [0.2, 0.25) is 0 Å². The van der Waals surface area contributed by atoms with Gasteiger partial charge in [-0.2, -0.15) is 0 Å². The SMILES string of the molecule is C=C/C=C\C=C\c1c(C(O)C2=CNCC=C2)c(-c2cccs2)cn1C. The van der Waals surface area contributed by atoms with Crippen LogP contribution in [-0.2, 0) is 7.05 Å². The van der Waals surface area contributed by atoms with E-state index >= 15 is 0 Å². The molecule has 4 heteroatoms. The van der Waals surface area contributed by atoms with Crippen LogP contribution in [-0.4, -0.2) is 16.2 Å². The molecule has 3 heterocycles. The summed E-state index contributed by atoms with van der Waals surface area (Å²) in [4.78, 5) is 1.15. The number of dihydropyridines is 1. The lowest BCUT2D eigenvalue weighted by Crippen LogP contribution is -2.13. The Morgan fingerprint density at radius 1 is 1.36 bits per heavy atom. The van der Waals surface area contributed by atoms with E-state index in [0.29, 0.717) is 0 Å². The van der Waals surface area contributed by atoms with Crippen LogP contribution >= 0.6 is 11.3 Å². The Bertz CT molecular complexity index is 851. The van der Waals surface area contributed by atoms with Gasteiger partial charge in [0.1, 0.15) is 6.10 Å². The molecule has 1 aliphatic heterocycles. The van der Waals surface area contributed by atoms with E-state index in [-0.39, 0.29) is 0 Å². The molecule has 0 aromatic carbocycles. The van der Waals surface area contributed by atoms with E-state index in [2.05, 4.69) is 34.1 Å². The van der Waals surface area contributed by atoms with Gasteiger partial charge in [-0.25, -0.2) is 0 Å². The summed E-state index contributed by atoms with van der Waals surface area (Å²) in [7, 11) is 2.01. The molecular formula is C21H22N2OS. The molecule has 2 aromatic rings. The normalized spacial score (nSPS) is 15.5. The van der Waals surface area contributed by atoms with Gasteiger partial charge < -0.3 is 15.0 Å². The highest BCUT2D eigenvalue weighted by Crippen LogP contribution is 2.38. The fraction of sp³-hybridized carbons (Fsp3) is 0.143. The van der Waals surface area contributed by atoms with Crippen molar-refractivity contribution in [2.24, 2.45) is 7.05 Å². The zero-order chi connectivity index (χ0) is 17.6. The molecule has 1 atom stereocenters. The first-order chi connectivity index (χ1) is 12.2. The number of aliphatic hydroxyl groups is 1. The molecule has 3 rings (SSSR count). The summed E-state index contributed by atoms with van der Waals surface area (Å²) < 4.78 is 2.06. The van der Waals surface area contributed by atoms with Crippen LogP contribution in [0, 0.1) is 0 Å². The summed E-state index contributed by atoms with van der Waals surface area (Å²) in [5.74, 6) is 0. The zero-order valence-corrected chi connectivity index (χ0v) is 15.0. The van der Waals surface area contributed by atoms with Crippen molar-refractivity contribution in [2.75, 3.05) is 6.54 Å². The summed E-state index contributed by atoms with van der Waals surface area (Å²) in [5.41, 5.74) is 3.85. The van der Waals surface area contributed by atoms with Crippen LogP contribution in [0.25, 0.3) is 16.5 Å². The number of hydrogen-bond donors (Lipinski definition) is 2. The van der Waals surface area contributed by atoms with Gasteiger partial charge in [0.2, 0.25) is 0 Å². The predicted molar refractivity (Wildman–Crippen MR) is 107 cm³/mol. The first-order valence-corrected chi connectivity index (χ1v) is 9.07. The average Bonchev–Trinajstić information content (AvgIpc) is 3.27. The van der Waals surface area contributed by atoms with Gasteiger partial charge >= 0.3 is 0 Å². The molecule has 25 heavy (non-hydrogen) atoms. The molecule has 0 saturated heterocycles. The number of allylic oxidation sites excluding steroid dienone is 4. The van der Waals surface area contributed by atoms with E-state index in [1.165, 1.54) is 0 Å². The lowest BCUT2D eigenvalue weighted by atomic mass is 9.96. The summed E-state index contributed by atoms with van der Waals surface area (Å²) in [6.07, 6.45) is 16.8. The lowest BCUT2D eigenvalue weighted by Gasteiger charge is -2.17. The van der Waals surface area contributed by atoms with Gasteiger partial charge in [0.25, 0.3) is 0 Å². The second-order valence-electron chi connectivity index (χ2n) is 5.77. The standard InChI is InChI=1S/C21H22N2OS/c1-3-4-5-6-10-18-20(21(24)16-9-7-12-22-14-16)17(15-23(18)2)19-11-8-13-25-19/h3-11,13-15,21-22,24H,1,12H2,2H3/b5-4-,10-6+. The van der Waals surface area contributed by atoms with E-state index in [0.717, 1.165) is 33.8 Å². The maximum Gasteiger partial charge on any atom is 0.108 e. The minimum absolute atomic E-state index is 0.689. The highest BCUT2D eigenvalue weighted by atomic mass is 32.1. The molecule has 2 aromatic heterocycles. The second-order valence-corrected chi connectivity index (χ2v) is 6.71. The Morgan fingerprint density at radius 3 is 2.92 bits per heavy atom. The summed E-state index contributed by atoms with van der Waals surface area (Å²) in [6, 6.07) is 4.12. The molecule has 0 fully saturated rings. The maximum absolute atomic E-state index is 11.1. The van der Waals surface area contributed by atoms with Gasteiger partial charge in [-0.15, -0.1) is 11.3 Å². The van der Waals surface area contributed by atoms with Crippen LogP contribution < -0.4 is 5.32 Å². The third-order valence-corrected chi connectivity index (χ3v) is 4.97. The fourth-order valence-corrected chi connectivity index (χ4v) is 3.65. The zero-order valence-electron chi connectivity index (χ0n) is 14.2. The summed E-state index contributed by atoms with van der Waals surface area (Å²) in [6.45, 7) is 4.47. The van der Waals surface area contributed by atoms with E-state index < -0.39 is 6.10 Å². The number of nitrogens with zero attached hydrogens (tertiary/aromatic N) is 1. The third kappa shape index (κ3) is 3.76. The molecule has 0 spiro atoms. The van der Waals surface area contributed by atoms with Crippen LogP contribution in [0.5, 0.6) is 0 Å². The molecule has 0 aliphatic carbocycles. The second kappa shape index (κ2) is 8.01. The van der Waals surface area contributed by atoms with Crippen molar-refractivity contribution >= 4 is 17.4 Å². The predicted octanol–water partition coefficient (Wildman–Crippen LogP) is 4.59. The maximum atomic E-state index is 11.1. The first kappa shape index (κ1) is 17.3. The molecule has 2 N–H and O–H groups in total. The van der Waals surface area contributed by atoms with E-state index in [1.807, 2.05) is 55.8 Å². The van der Waals surface area contributed by atoms with Crippen LogP contribution in [0.15, 0.2) is 78.5 Å². The Kier molecular flexibility index (Phi) is 5.53.